The van der Waals surface area contributed by atoms with Crippen LogP contribution in [0.5, 0.6) is 0 Å². The highest BCUT2D eigenvalue weighted by atomic mass is 15.0. The number of rotatable bonds is 6. The predicted molar refractivity (Wildman–Crippen MR) is 304 cm³/mol. The van der Waals surface area contributed by atoms with Crippen LogP contribution in [0.1, 0.15) is 0 Å². The quantitative estimate of drug-likeness (QED) is 0.156. The monoisotopic (exact) mass is 927 g/mol. The number of hydrogen-bond donors (Lipinski definition) is 0. The van der Waals surface area contributed by atoms with Crippen molar-refractivity contribution in [1.29, 1.82) is 0 Å². The van der Waals surface area contributed by atoms with Crippen LogP contribution in [0.25, 0.3) is 149 Å². The Bertz CT molecular complexity index is 4590. The van der Waals surface area contributed by atoms with Crippen LogP contribution in [-0.2, 0) is 0 Å². The highest BCUT2D eigenvalue weighted by Gasteiger charge is 2.21. The maximum Gasteiger partial charge on any atom is 0.164 e. The number of para-hydroxylation sites is 3. The van der Waals surface area contributed by atoms with Gasteiger partial charge in [-0.1, -0.05) is 200 Å². The average molecular weight is 928 g/mol. The van der Waals surface area contributed by atoms with Gasteiger partial charge in [0.2, 0.25) is 0 Å². The first-order valence-electron chi connectivity index (χ1n) is 24.8. The zero-order chi connectivity index (χ0) is 48.0. The Morgan fingerprint density at radius 2 is 0.781 bits per heavy atom. The van der Waals surface area contributed by atoms with Crippen LogP contribution in [0.2, 0.25) is 0 Å². The first-order chi connectivity index (χ1) is 36.2. The summed E-state index contributed by atoms with van der Waals surface area (Å²) in [6.07, 6.45) is 0. The summed E-state index contributed by atoms with van der Waals surface area (Å²) in [5, 5.41) is 15.1. The molecule has 0 spiro atoms. The molecule has 3 aromatic heterocycles. The Labute approximate surface area is 420 Å². The molecule has 5 heteroatoms. The van der Waals surface area contributed by atoms with Crippen LogP contribution < -0.4 is 0 Å². The number of nitrogens with zero attached hydrogens (tertiary/aromatic N) is 5. The topological polar surface area (TPSA) is 56.5 Å². The van der Waals surface area contributed by atoms with Crippen molar-refractivity contribution in [3.8, 4) is 62.2 Å². The minimum Gasteiger partial charge on any atom is -0.309 e. The van der Waals surface area contributed by atoms with Crippen molar-refractivity contribution in [1.82, 2.24) is 24.5 Å². The fourth-order valence-electron chi connectivity index (χ4n) is 11.5. The van der Waals surface area contributed by atoms with Gasteiger partial charge in [0.1, 0.15) is 0 Å². The predicted octanol–water partition coefficient (Wildman–Crippen LogP) is 17.6. The lowest BCUT2D eigenvalue weighted by atomic mass is 9.94. The molecule has 0 amide bonds. The van der Waals surface area contributed by atoms with E-state index in [1.54, 1.807) is 0 Å². The standard InChI is InChI=1S/C68H41N5/c1-2-21-48(22-3-1)73-61-32-15-13-30-56(61)64-62(73)38-37-57-63(64)55-29-12-14-31-60(55)69-65(57)47-20-16-19-44(39-47)42-33-35-43(36-34-42)66-70-67(58-40-45-17-4-6-23-49(45)51-25-8-10-27-53(51)58)72-68(71-66)59-41-46-18-5-7-24-50(46)52-26-9-11-28-54(52)59/h1-41H. The van der Waals surface area contributed by atoms with Crippen molar-refractivity contribution in [2.45, 2.75) is 0 Å². The summed E-state index contributed by atoms with van der Waals surface area (Å²) in [7, 11) is 0. The number of aromatic nitrogens is 5. The van der Waals surface area contributed by atoms with E-state index < -0.39 is 0 Å². The highest BCUT2D eigenvalue weighted by Crippen LogP contribution is 2.44. The van der Waals surface area contributed by atoms with Gasteiger partial charge < -0.3 is 4.57 Å². The minimum absolute atomic E-state index is 0.613. The van der Waals surface area contributed by atoms with Crippen molar-refractivity contribution in [3.05, 3.63) is 249 Å². The molecule has 0 aliphatic heterocycles. The van der Waals surface area contributed by atoms with Crippen LogP contribution in [0.3, 0.4) is 0 Å². The molecule has 338 valence electrons. The van der Waals surface area contributed by atoms with Gasteiger partial charge in [-0.2, -0.15) is 0 Å². The van der Waals surface area contributed by atoms with Crippen molar-refractivity contribution in [2.24, 2.45) is 0 Å². The summed E-state index contributed by atoms with van der Waals surface area (Å²) in [5.74, 6) is 1.88. The lowest BCUT2D eigenvalue weighted by Crippen LogP contribution is -2.01. The lowest BCUT2D eigenvalue weighted by Gasteiger charge is -2.14. The summed E-state index contributed by atoms with van der Waals surface area (Å²) in [6.45, 7) is 0. The van der Waals surface area contributed by atoms with Crippen LogP contribution >= 0.6 is 0 Å². The molecule has 15 aromatic rings. The molecular formula is C68H41N5. The van der Waals surface area contributed by atoms with E-state index in [4.69, 9.17) is 19.9 Å². The number of fused-ring (bicyclic) bond motifs is 13. The van der Waals surface area contributed by atoms with Gasteiger partial charge in [-0.05, 0) is 103 Å². The lowest BCUT2D eigenvalue weighted by molar-refractivity contribution is 1.08. The summed E-state index contributed by atoms with van der Waals surface area (Å²) >= 11 is 0. The Hall–Kier alpha value is -9.84. The highest BCUT2D eigenvalue weighted by molar-refractivity contribution is 6.29. The van der Waals surface area contributed by atoms with E-state index in [1.807, 2.05) is 0 Å². The molecule has 0 unspecified atom stereocenters. The summed E-state index contributed by atoms with van der Waals surface area (Å²) in [6, 6.07) is 88.7. The molecule has 0 saturated carbocycles. The van der Waals surface area contributed by atoms with Gasteiger partial charge in [-0.3, -0.25) is 0 Å². The zero-order valence-electron chi connectivity index (χ0n) is 39.4. The smallest absolute Gasteiger partial charge is 0.164 e. The van der Waals surface area contributed by atoms with Crippen LogP contribution in [-0.4, -0.2) is 24.5 Å². The first kappa shape index (κ1) is 41.0. The van der Waals surface area contributed by atoms with E-state index in [1.165, 1.54) is 38.0 Å². The van der Waals surface area contributed by atoms with E-state index in [2.05, 4.69) is 253 Å². The molecule has 0 bridgehead atoms. The number of hydrogen-bond acceptors (Lipinski definition) is 4. The Morgan fingerprint density at radius 3 is 1.45 bits per heavy atom. The summed E-state index contributed by atoms with van der Waals surface area (Å²) in [5.41, 5.74) is 11.5. The average Bonchev–Trinajstić information content (AvgIpc) is 3.83. The van der Waals surface area contributed by atoms with E-state index in [0.29, 0.717) is 17.5 Å². The molecule has 0 atom stereocenters. The fraction of sp³-hybridized carbons (Fsp3) is 0. The Balaban J connectivity index is 0.883. The minimum atomic E-state index is 0.613. The van der Waals surface area contributed by atoms with Crippen molar-refractivity contribution < 1.29 is 0 Å². The van der Waals surface area contributed by atoms with E-state index in [9.17, 15) is 0 Å². The third-order valence-electron chi connectivity index (χ3n) is 14.8. The molecule has 3 heterocycles. The van der Waals surface area contributed by atoms with Crippen molar-refractivity contribution in [3.63, 3.8) is 0 Å². The molecule has 73 heavy (non-hydrogen) atoms. The van der Waals surface area contributed by atoms with Gasteiger partial charge in [0, 0.05) is 54.9 Å². The Morgan fingerprint density at radius 1 is 0.260 bits per heavy atom. The number of benzene rings is 12. The third kappa shape index (κ3) is 6.56. The molecule has 15 rings (SSSR count). The summed E-state index contributed by atoms with van der Waals surface area (Å²) < 4.78 is 2.39. The van der Waals surface area contributed by atoms with Gasteiger partial charge in [-0.25, -0.2) is 19.9 Å². The molecule has 12 aromatic carbocycles. The van der Waals surface area contributed by atoms with Crippen molar-refractivity contribution in [2.75, 3.05) is 0 Å². The zero-order valence-corrected chi connectivity index (χ0v) is 39.4. The van der Waals surface area contributed by atoms with E-state index >= 15 is 0 Å². The number of pyridine rings is 1. The van der Waals surface area contributed by atoms with Crippen LogP contribution in [0, 0.1) is 0 Å². The second kappa shape index (κ2) is 16.4. The van der Waals surface area contributed by atoms with Gasteiger partial charge >= 0.3 is 0 Å². The normalized spacial score (nSPS) is 11.8. The van der Waals surface area contributed by atoms with Gasteiger partial charge in [-0.15, -0.1) is 0 Å². The molecule has 0 N–H and O–H groups in total. The summed E-state index contributed by atoms with van der Waals surface area (Å²) in [4.78, 5) is 21.5. The van der Waals surface area contributed by atoms with Crippen molar-refractivity contribution >= 4 is 86.6 Å². The first-order valence-corrected chi connectivity index (χ1v) is 24.8. The maximum atomic E-state index is 5.42. The maximum absolute atomic E-state index is 5.42. The second-order valence-corrected chi connectivity index (χ2v) is 18.9. The Kier molecular flexibility index (Phi) is 9.19. The molecule has 5 nitrogen and oxygen atoms in total. The molecule has 0 saturated heterocycles. The van der Waals surface area contributed by atoms with Gasteiger partial charge in [0.05, 0.1) is 22.2 Å². The van der Waals surface area contributed by atoms with Gasteiger partial charge in [0.25, 0.3) is 0 Å². The second-order valence-electron chi connectivity index (χ2n) is 18.9. The van der Waals surface area contributed by atoms with Crippen LogP contribution in [0.15, 0.2) is 249 Å². The molecule has 0 fully saturated rings. The molecule has 0 aliphatic carbocycles. The van der Waals surface area contributed by atoms with Gasteiger partial charge in [0.15, 0.2) is 17.5 Å². The molecule has 0 aliphatic rings. The SMILES string of the molecule is c1ccc(-n2c3ccccc3c3c4c(ccc32)c(-c2cccc(-c3ccc(-c5nc(-c6cc7ccccc7c7ccccc67)nc(-c6cc7ccccc7c7ccccc67)n5)cc3)c2)nc2ccccc24)cc1. The third-order valence-corrected chi connectivity index (χ3v) is 14.8. The van der Waals surface area contributed by atoms with E-state index in [-0.39, 0.29) is 0 Å². The molecular weight excluding hydrogens is 887 g/mol. The molecule has 0 radical (unpaired) electrons. The van der Waals surface area contributed by atoms with E-state index in [0.717, 1.165) is 93.4 Å². The largest absolute Gasteiger partial charge is 0.309 e. The van der Waals surface area contributed by atoms with Crippen LogP contribution in [0.4, 0.5) is 0 Å². The fourth-order valence-corrected chi connectivity index (χ4v) is 11.5.